The van der Waals surface area contributed by atoms with Crippen LogP contribution in [0.1, 0.15) is 0 Å². The van der Waals surface area contributed by atoms with Gasteiger partial charge in [0.1, 0.15) is 0 Å². The van der Waals surface area contributed by atoms with Crippen LogP contribution in [0.4, 0.5) is 16.2 Å². The first-order valence-corrected chi connectivity index (χ1v) is 4.95. The summed E-state index contributed by atoms with van der Waals surface area (Å²) in [7, 11) is 1.52. The van der Waals surface area contributed by atoms with Crippen LogP contribution in [0.3, 0.4) is 0 Å². The molecular formula is C8H9BrClN3O. The minimum Gasteiger partial charge on any atom is -0.397 e. The van der Waals surface area contributed by atoms with Crippen molar-refractivity contribution in [2.24, 2.45) is 0 Å². The summed E-state index contributed by atoms with van der Waals surface area (Å²) in [6.45, 7) is 0. The van der Waals surface area contributed by atoms with Crippen LogP contribution in [0, 0.1) is 0 Å². The number of nitrogens with two attached hydrogens (primary N) is 1. The summed E-state index contributed by atoms with van der Waals surface area (Å²) in [5, 5.41) is 5.45. The summed E-state index contributed by atoms with van der Waals surface area (Å²) in [6.07, 6.45) is 0. The molecule has 76 valence electrons. The second-order valence-corrected chi connectivity index (χ2v) is 3.82. The SMILES string of the molecule is CNC(=O)Nc1cc(Cl)c(Br)cc1N. The van der Waals surface area contributed by atoms with Gasteiger partial charge in [0.05, 0.1) is 16.4 Å². The highest BCUT2D eigenvalue weighted by Crippen LogP contribution is 2.30. The molecular weight excluding hydrogens is 269 g/mol. The van der Waals surface area contributed by atoms with Crippen LogP contribution in [0.2, 0.25) is 5.02 Å². The molecule has 0 spiro atoms. The number of carbonyl (C=O) groups is 1. The number of amides is 2. The van der Waals surface area contributed by atoms with Crippen LogP contribution in [-0.4, -0.2) is 13.1 Å². The third-order valence-corrected chi connectivity index (χ3v) is 2.76. The van der Waals surface area contributed by atoms with Crippen molar-refractivity contribution >= 4 is 44.9 Å². The maximum Gasteiger partial charge on any atom is 0.319 e. The van der Waals surface area contributed by atoms with Crippen molar-refractivity contribution in [2.45, 2.75) is 0 Å². The molecule has 0 heterocycles. The third-order valence-electron chi connectivity index (χ3n) is 1.57. The van der Waals surface area contributed by atoms with Gasteiger partial charge in [-0.1, -0.05) is 11.6 Å². The van der Waals surface area contributed by atoms with E-state index in [-0.39, 0.29) is 6.03 Å². The van der Waals surface area contributed by atoms with Gasteiger partial charge in [-0.3, -0.25) is 0 Å². The van der Waals surface area contributed by atoms with E-state index in [2.05, 4.69) is 26.6 Å². The van der Waals surface area contributed by atoms with Gasteiger partial charge in [-0.15, -0.1) is 0 Å². The van der Waals surface area contributed by atoms with Gasteiger partial charge in [0.2, 0.25) is 0 Å². The zero-order chi connectivity index (χ0) is 10.7. The highest BCUT2D eigenvalue weighted by atomic mass is 79.9. The Hall–Kier alpha value is -0.940. The van der Waals surface area contributed by atoms with E-state index >= 15 is 0 Å². The molecule has 14 heavy (non-hydrogen) atoms. The van der Waals surface area contributed by atoms with E-state index in [1.807, 2.05) is 0 Å². The number of benzene rings is 1. The van der Waals surface area contributed by atoms with E-state index in [1.165, 1.54) is 7.05 Å². The summed E-state index contributed by atoms with van der Waals surface area (Å²) in [5.74, 6) is 0. The molecule has 1 aromatic carbocycles. The number of anilines is 2. The lowest BCUT2D eigenvalue weighted by Crippen LogP contribution is -2.24. The fraction of sp³-hybridized carbons (Fsp3) is 0.125. The lowest BCUT2D eigenvalue weighted by atomic mass is 10.3. The van der Waals surface area contributed by atoms with Crippen molar-refractivity contribution < 1.29 is 4.79 Å². The maximum atomic E-state index is 11.0. The number of urea groups is 1. The maximum absolute atomic E-state index is 11.0. The average Bonchev–Trinajstić information content (AvgIpc) is 2.14. The molecule has 0 aliphatic carbocycles. The van der Waals surface area contributed by atoms with Gasteiger partial charge >= 0.3 is 6.03 Å². The molecule has 0 aromatic heterocycles. The molecule has 6 heteroatoms. The van der Waals surface area contributed by atoms with Crippen molar-refractivity contribution in [2.75, 3.05) is 18.1 Å². The minimum atomic E-state index is -0.338. The fourth-order valence-electron chi connectivity index (χ4n) is 0.855. The standard InChI is InChI=1S/C8H9BrClN3O/c1-12-8(14)13-7-3-5(10)4(9)2-6(7)11/h2-3H,11H2,1H3,(H2,12,13,14). The molecule has 2 amide bonds. The largest absolute Gasteiger partial charge is 0.397 e. The molecule has 0 fully saturated rings. The molecule has 1 rings (SSSR count). The highest BCUT2D eigenvalue weighted by molar-refractivity contribution is 9.10. The summed E-state index contributed by atoms with van der Waals surface area (Å²) < 4.78 is 0.694. The number of nitrogen functional groups attached to an aromatic ring is 1. The van der Waals surface area contributed by atoms with Crippen LogP contribution in [0.15, 0.2) is 16.6 Å². The summed E-state index contributed by atoms with van der Waals surface area (Å²) >= 11 is 9.06. The molecule has 0 aliphatic heterocycles. The normalized spacial score (nSPS) is 9.64. The molecule has 1 aromatic rings. The van der Waals surface area contributed by atoms with Gasteiger partial charge < -0.3 is 16.4 Å². The number of carbonyl (C=O) groups excluding carboxylic acids is 1. The van der Waals surface area contributed by atoms with Crippen molar-refractivity contribution in [1.29, 1.82) is 0 Å². The topological polar surface area (TPSA) is 67.2 Å². The molecule has 0 radical (unpaired) electrons. The van der Waals surface area contributed by atoms with E-state index in [0.29, 0.717) is 20.9 Å². The molecule has 4 N–H and O–H groups in total. The van der Waals surface area contributed by atoms with Gasteiger partial charge in [0.15, 0.2) is 0 Å². The fourth-order valence-corrected chi connectivity index (χ4v) is 1.38. The first kappa shape index (κ1) is 11.1. The molecule has 0 aliphatic rings. The average molecular weight is 279 g/mol. The lowest BCUT2D eigenvalue weighted by Gasteiger charge is -2.08. The molecule has 0 unspecified atom stereocenters. The number of rotatable bonds is 1. The minimum absolute atomic E-state index is 0.338. The zero-order valence-corrected chi connectivity index (χ0v) is 9.74. The number of hydrogen-bond acceptors (Lipinski definition) is 2. The number of hydrogen-bond donors (Lipinski definition) is 3. The Labute approximate surface area is 94.9 Å². The second-order valence-electron chi connectivity index (χ2n) is 2.56. The Morgan fingerprint density at radius 3 is 2.79 bits per heavy atom. The predicted molar refractivity (Wildman–Crippen MR) is 61.6 cm³/mol. The van der Waals surface area contributed by atoms with E-state index in [4.69, 9.17) is 17.3 Å². The van der Waals surface area contributed by atoms with Gasteiger partial charge in [-0.05, 0) is 28.1 Å². The zero-order valence-electron chi connectivity index (χ0n) is 7.40. The van der Waals surface area contributed by atoms with Crippen molar-refractivity contribution in [3.05, 3.63) is 21.6 Å². The van der Waals surface area contributed by atoms with Crippen LogP contribution >= 0.6 is 27.5 Å². The Kier molecular flexibility index (Phi) is 3.60. The van der Waals surface area contributed by atoms with Crippen molar-refractivity contribution in [3.8, 4) is 0 Å². The van der Waals surface area contributed by atoms with Crippen LogP contribution < -0.4 is 16.4 Å². The summed E-state index contributed by atoms with van der Waals surface area (Å²) in [5.41, 5.74) is 6.59. The Balaban J connectivity index is 2.98. The van der Waals surface area contributed by atoms with Gasteiger partial charge in [0, 0.05) is 11.5 Å². The third kappa shape index (κ3) is 2.52. The Morgan fingerprint density at radius 1 is 1.57 bits per heavy atom. The van der Waals surface area contributed by atoms with Gasteiger partial charge in [-0.2, -0.15) is 0 Å². The smallest absolute Gasteiger partial charge is 0.319 e. The second kappa shape index (κ2) is 4.52. The van der Waals surface area contributed by atoms with Crippen LogP contribution in [0.5, 0.6) is 0 Å². The predicted octanol–water partition coefficient (Wildman–Crippen LogP) is 2.44. The molecule has 4 nitrogen and oxygen atoms in total. The highest BCUT2D eigenvalue weighted by Gasteiger charge is 2.06. The molecule has 0 atom stereocenters. The van der Waals surface area contributed by atoms with E-state index in [0.717, 1.165) is 0 Å². The monoisotopic (exact) mass is 277 g/mol. The Morgan fingerprint density at radius 2 is 2.21 bits per heavy atom. The lowest BCUT2D eigenvalue weighted by molar-refractivity contribution is 0.254. The Bertz CT molecular complexity index is 370. The van der Waals surface area contributed by atoms with Crippen LogP contribution in [0.25, 0.3) is 0 Å². The first-order valence-electron chi connectivity index (χ1n) is 3.78. The quantitative estimate of drug-likeness (QED) is 0.691. The van der Waals surface area contributed by atoms with E-state index < -0.39 is 0 Å². The van der Waals surface area contributed by atoms with Gasteiger partial charge in [-0.25, -0.2) is 4.79 Å². The summed E-state index contributed by atoms with van der Waals surface area (Å²) in [6, 6.07) is 2.87. The molecule has 0 saturated heterocycles. The number of nitrogens with one attached hydrogen (secondary N) is 2. The van der Waals surface area contributed by atoms with E-state index in [9.17, 15) is 4.79 Å². The van der Waals surface area contributed by atoms with Crippen LogP contribution in [-0.2, 0) is 0 Å². The van der Waals surface area contributed by atoms with Gasteiger partial charge in [0.25, 0.3) is 0 Å². The number of halogens is 2. The first-order chi connectivity index (χ1) is 6.54. The molecule has 0 saturated carbocycles. The van der Waals surface area contributed by atoms with E-state index in [1.54, 1.807) is 12.1 Å². The molecule has 0 bridgehead atoms. The van der Waals surface area contributed by atoms with Crippen molar-refractivity contribution in [1.82, 2.24) is 5.32 Å². The van der Waals surface area contributed by atoms with Crippen molar-refractivity contribution in [3.63, 3.8) is 0 Å². The summed E-state index contributed by atoms with van der Waals surface area (Å²) in [4.78, 5) is 11.0.